The quantitative estimate of drug-likeness (QED) is 0.849. The van der Waals surface area contributed by atoms with E-state index in [-0.39, 0.29) is 4.90 Å². The average Bonchev–Trinajstić information content (AvgIpc) is 2.93. The normalized spacial score (nSPS) is 17.5. The molecule has 2 aromatic rings. The van der Waals surface area contributed by atoms with Crippen molar-refractivity contribution in [1.29, 1.82) is 0 Å². The maximum absolute atomic E-state index is 12.7. The Labute approximate surface area is 141 Å². The molecular formula is C16H20ClN3O2S. The van der Waals surface area contributed by atoms with Gasteiger partial charge < -0.3 is 4.57 Å². The topological polar surface area (TPSA) is 55.2 Å². The SMILES string of the molecule is Cc1nccn1CC1CCN(S(=O)(=O)c2cccc(Cl)c2)CC1. The molecule has 1 aliphatic rings. The molecule has 124 valence electrons. The van der Waals surface area contributed by atoms with E-state index in [1.54, 1.807) is 28.7 Å². The number of halogens is 1. The van der Waals surface area contributed by atoms with E-state index in [9.17, 15) is 8.42 Å². The first-order valence-corrected chi connectivity index (χ1v) is 9.52. The first-order valence-electron chi connectivity index (χ1n) is 7.70. The zero-order valence-corrected chi connectivity index (χ0v) is 14.6. The summed E-state index contributed by atoms with van der Waals surface area (Å²) in [6, 6.07) is 6.46. The summed E-state index contributed by atoms with van der Waals surface area (Å²) in [5.41, 5.74) is 0. The minimum atomic E-state index is -3.45. The molecule has 0 saturated carbocycles. The van der Waals surface area contributed by atoms with E-state index >= 15 is 0 Å². The summed E-state index contributed by atoms with van der Waals surface area (Å²) >= 11 is 5.92. The highest BCUT2D eigenvalue weighted by molar-refractivity contribution is 7.89. The van der Waals surface area contributed by atoms with Crippen molar-refractivity contribution >= 4 is 21.6 Å². The van der Waals surface area contributed by atoms with Gasteiger partial charge in [0.15, 0.2) is 0 Å². The summed E-state index contributed by atoms with van der Waals surface area (Å²) in [5, 5.41) is 0.441. The molecule has 5 nitrogen and oxygen atoms in total. The highest BCUT2D eigenvalue weighted by atomic mass is 35.5. The van der Waals surface area contributed by atoms with Crippen LogP contribution in [0.25, 0.3) is 0 Å². The third-order valence-electron chi connectivity index (χ3n) is 4.39. The lowest BCUT2D eigenvalue weighted by Crippen LogP contribution is -2.39. The van der Waals surface area contributed by atoms with Gasteiger partial charge in [0.05, 0.1) is 4.90 Å². The van der Waals surface area contributed by atoms with Crippen LogP contribution >= 0.6 is 11.6 Å². The fourth-order valence-electron chi connectivity index (χ4n) is 2.98. The van der Waals surface area contributed by atoms with Crippen molar-refractivity contribution in [3.63, 3.8) is 0 Å². The molecular weight excluding hydrogens is 334 g/mol. The number of aryl methyl sites for hydroxylation is 1. The molecule has 0 radical (unpaired) electrons. The summed E-state index contributed by atoms with van der Waals surface area (Å²) in [6.07, 6.45) is 5.49. The lowest BCUT2D eigenvalue weighted by Gasteiger charge is -2.31. The summed E-state index contributed by atoms with van der Waals surface area (Å²) in [5.74, 6) is 1.48. The standard InChI is InChI=1S/C16H20ClN3O2S/c1-13-18-7-10-19(13)12-14-5-8-20(9-6-14)23(21,22)16-4-2-3-15(17)11-16/h2-4,7,10-11,14H,5-6,8-9,12H2,1H3. The van der Waals surface area contributed by atoms with Crippen LogP contribution in [-0.2, 0) is 16.6 Å². The van der Waals surface area contributed by atoms with E-state index in [1.807, 2.05) is 13.1 Å². The molecule has 0 aliphatic carbocycles. The maximum atomic E-state index is 12.7. The van der Waals surface area contributed by atoms with Gasteiger partial charge in [0.25, 0.3) is 0 Å². The highest BCUT2D eigenvalue weighted by Crippen LogP contribution is 2.26. The summed E-state index contributed by atoms with van der Waals surface area (Å²) < 4.78 is 29.0. The molecule has 7 heteroatoms. The van der Waals surface area contributed by atoms with Gasteiger partial charge in [-0.25, -0.2) is 13.4 Å². The first kappa shape index (κ1) is 16.5. The predicted octanol–water partition coefficient (Wildman–Crippen LogP) is 2.95. The van der Waals surface area contributed by atoms with Gasteiger partial charge in [-0.3, -0.25) is 0 Å². The van der Waals surface area contributed by atoms with Crippen molar-refractivity contribution in [2.24, 2.45) is 5.92 Å². The molecule has 1 fully saturated rings. The molecule has 3 rings (SSSR count). The van der Waals surface area contributed by atoms with E-state index in [0.717, 1.165) is 25.2 Å². The number of sulfonamides is 1. The van der Waals surface area contributed by atoms with Gasteiger partial charge in [0, 0.05) is 37.1 Å². The summed E-state index contributed by atoms with van der Waals surface area (Å²) in [6.45, 7) is 3.98. The van der Waals surface area contributed by atoms with Crippen LogP contribution in [0.15, 0.2) is 41.6 Å². The van der Waals surface area contributed by atoms with Crippen LogP contribution in [0, 0.1) is 12.8 Å². The van der Waals surface area contributed by atoms with Crippen molar-refractivity contribution in [3.8, 4) is 0 Å². The maximum Gasteiger partial charge on any atom is 0.243 e. The van der Waals surface area contributed by atoms with Crippen molar-refractivity contribution < 1.29 is 8.42 Å². The minimum absolute atomic E-state index is 0.272. The Morgan fingerprint density at radius 3 is 2.65 bits per heavy atom. The molecule has 0 N–H and O–H groups in total. The van der Waals surface area contributed by atoms with Gasteiger partial charge in [0.1, 0.15) is 5.82 Å². The van der Waals surface area contributed by atoms with Crippen LogP contribution in [0.3, 0.4) is 0 Å². The largest absolute Gasteiger partial charge is 0.335 e. The number of benzene rings is 1. The molecule has 1 aliphatic heterocycles. The number of imidazole rings is 1. The number of rotatable bonds is 4. The highest BCUT2D eigenvalue weighted by Gasteiger charge is 2.29. The van der Waals surface area contributed by atoms with Crippen LogP contribution in [0.4, 0.5) is 0 Å². The lowest BCUT2D eigenvalue weighted by molar-refractivity contribution is 0.252. The van der Waals surface area contributed by atoms with Gasteiger partial charge in [-0.1, -0.05) is 17.7 Å². The molecule has 1 aromatic heterocycles. The Morgan fingerprint density at radius 1 is 1.30 bits per heavy atom. The fourth-order valence-corrected chi connectivity index (χ4v) is 4.75. The minimum Gasteiger partial charge on any atom is -0.335 e. The zero-order valence-electron chi connectivity index (χ0n) is 13.0. The molecule has 23 heavy (non-hydrogen) atoms. The molecule has 0 spiro atoms. The van der Waals surface area contributed by atoms with Gasteiger partial charge in [0.2, 0.25) is 10.0 Å². The molecule has 0 bridgehead atoms. The van der Waals surface area contributed by atoms with Gasteiger partial charge >= 0.3 is 0 Å². The Morgan fingerprint density at radius 2 is 2.04 bits per heavy atom. The zero-order chi connectivity index (χ0) is 16.4. The third kappa shape index (κ3) is 3.59. The first-order chi connectivity index (χ1) is 11.0. The Kier molecular flexibility index (Phi) is 4.75. The van der Waals surface area contributed by atoms with Gasteiger partial charge in [-0.05, 0) is 43.9 Å². The van der Waals surface area contributed by atoms with Crippen LogP contribution in [0.2, 0.25) is 5.02 Å². The molecule has 0 amide bonds. The lowest BCUT2D eigenvalue weighted by atomic mass is 9.98. The van der Waals surface area contributed by atoms with Gasteiger partial charge in [-0.2, -0.15) is 4.31 Å². The van der Waals surface area contributed by atoms with E-state index in [1.165, 1.54) is 6.07 Å². The number of hydrogen-bond donors (Lipinski definition) is 0. The smallest absolute Gasteiger partial charge is 0.243 e. The van der Waals surface area contributed by atoms with E-state index < -0.39 is 10.0 Å². The van der Waals surface area contributed by atoms with Crippen molar-refractivity contribution in [1.82, 2.24) is 13.9 Å². The predicted molar refractivity (Wildman–Crippen MR) is 89.9 cm³/mol. The van der Waals surface area contributed by atoms with Gasteiger partial charge in [-0.15, -0.1) is 0 Å². The number of nitrogens with zero attached hydrogens (tertiary/aromatic N) is 3. The third-order valence-corrected chi connectivity index (χ3v) is 6.52. The summed E-state index contributed by atoms with van der Waals surface area (Å²) in [7, 11) is -3.45. The van der Waals surface area contributed by atoms with Crippen LogP contribution in [0.1, 0.15) is 18.7 Å². The Bertz CT molecular complexity index is 780. The molecule has 2 heterocycles. The average molecular weight is 354 g/mol. The number of aromatic nitrogens is 2. The summed E-state index contributed by atoms with van der Waals surface area (Å²) in [4.78, 5) is 4.50. The van der Waals surface area contributed by atoms with Crippen molar-refractivity contribution in [2.45, 2.75) is 31.2 Å². The Hall–Kier alpha value is -1.37. The second-order valence-electron chi connectivity index (χ2n) is 5.93. The molecule has 1 saturated heterocycles. The second kappa shape index (κ2) is 6.63. The Balaban J connectivity index is 1.65. The molecule has 1 aromatic carbocycles. The van der Waals surface area contributed by atoms with Crippen LogP contribution in [0.5, 0.6) is 0 Å². The van der Waals surface area contributed by atoms with E-state index in [0.29, 0.717) is 24.0 Å². The van der Waals surface area contributed by atoms with Crippen molar-refractivity contribution in [3.05, 3.63) is 47.5 Å². The van der Waals surface area contributed by atoms with E-state index in [2.05, 4.69) is 9.55 Å². The van der Waals surface area contributed by atoms with E-state index in [4.69, 9.17) is 11.6 Å². The fraction of sp³-hybridized carbons (Fsp3) is 0.438. The van der Waals surface area contributed by atoms with Crippen LogP contribution < -0.4 is 0 Å². The number of hydrogen-bond acceptors (Lipinski definition) is 3. The molecule has 0 atom stereocenters. The second-order valence-corrected chi connectivity index (χ2v) is 8.31. The number of piperidine rings is 1. The molecule has 0 unspecified atom stereocenters. The van der Waals surface area contributed by atoms with Crippen molar-refractivity contribution in [2.75, 3.05) is 13.1 Å². The monoisotopic (exact) mass is 353 g/mol. The van der Waals surface area contributed by atoms with Crippen LogP contribution in [-0.4, -0.2) is 35.4 Å².